The van der Waals surface area contributed by atoms with E-state index in [0.717, 1.165) is 11.1 Å². The first-order valence-corrected chi connectivity index (χ1v) is 9.12. The van der Waals surface area contributed by atoms with Crippen LogP contribution in [-0.4, -0.2) is 25.1 Å². The first-order valence-electron chi connectivity index (χ1n) is 9.12. The number of aryl methyl sites for hydroxylation is 1. The van der Waals surface area contributed by atoms with Crippen molar-refractivity contribution >= 4 is 5.91 Å². The minimum absolute atomic E-state index is 0.0434. The average Bonchev–Trinajstić information content (AvgIpc) is 3.21. The van der Waals surface area contributed by atoms with Crippen molar-refractivity contribution in [2.75, 3.05) is 14.2 Å². The minimum atomic E-state index is -0.0441. The zero-order valence-electron chi connectivity index (χ0n) is 16.3. The summed E-state index contributed by atoms with van der Waals surface area (Å²) in [6.45, 7) is 1.96. The highest BCUT2D eigenvalue weighted by Crippen LogP contribution is 2.33. The lowest BCUT2D eigenvalue weighted by Gasteiger charge is -2.13. The number of amides is 1. The van der Waals surface area contributed by atoms with Gasteiger partial charge in [0.05, 0.1) is 32.0 Å². The Balaban J connectivity index is 1.60. The molecule has 0 radical (unpaired) electrons. The summed E-state index contributed by atoms with van der Waals surface area (Å²) in [7, 11) is 3.19. The van der Waals surface area contributed by atoms with Crippen LogP contribution in [0, 0.1) is 0 Å². The van der Waals surface area contributed by atoms with E-state index in [2.05, 4.69) is 10.3 Å². The summed E-state index contributed by atoms with van der Waals surface area (Å²) in [6, 6.07) is 15.3. The molecular weight excluding hydrogens is 356 g/mol. The number of nitrogens with one attached hydrogen (secondary N) is 1. The topological polar surface area (TPSA) is 73.6 Å². The Labute approximate surface area is 164 Å². The van der Waals surface area contributed by atoms with E-state index in [1.54, 1.807) is 26.5 Å². The van der Waals surface area contributed by atoms with Gasteiger partial charge in [-0.15, -0.1) is 0 Å². The van der Waals surface area contributed by atoms with E-state index in [0.29, 0.717) is 36.0 Å². The van der Waals surface area contributed by atoms with Gasteiger partial charge in [0, 0.05) is 18.9 Å². The quantitative estimate of drug-likeness (QED) is 0.635. The van der Waals surface area contributed by atoms with E-state index in [9.17, 15) is 4.79 Å². The molecule has 3 aromatic rings. The van der Waals surface area contributed by atoms with E-state index in [4.69, 9.17) is 13.9 Å². The van der Waals surface area contributed by atoms with Gasteiger partial charge < -0.3 is 19.2 Å². The molecule has 2 aromatic carbocycles. The van der Waals surface area contributed by atoms with Gasteiger partial charge in [0.2, 0.25) is 5.91 Å². The second-order valence-electron chi connectivity index (χ2n) is 6.38. The molecule has 0 fully saturated rings. The molecule has 0 aliphatic carbocycles. The van der Waals surface area contributed by atoms with Crippen molar-refractivity contribution in [3.8, 4) is 22.8 Å². The molecule has 0 aliphatic heterocycles. The molecule has 0 saturated carbocycles. The summed E-state index contributed by atoms with van der Waals surface area (Å²) < 4.78 is 16.4. The molecule has 6 heteroatoms. The lowest BCUT2D eigenvalue weighted by Crippen LogP contribution is -2.26. The van der Waals surface area contributed by atoms with Crippen molar-refractivity contribution in [2.24, 2.45) is 0 Å². The molecule has 28 heavy (non-hydrogen) atoms. The molecule has 6 nitrogen and oxygen atoms in total. The van der Waals surface area contributed by atoms with Crippen LogP contribution in [0.5, 0.6) is 11.5 Å². The number of hydrogen-bond acceptors (Lipinski definition) is 5. The fourth-order valence-corrected chi connectivity index (χ4v) is 2.91. The number of rotatable bonds is 8. The molecule has 1 atom stereocenters. The second-order valence-corrected chi connectivity index (χ2v) is 6.38. The summed E-state index contributed by atoms with van der Waals surface area (Å²) in [5.41, 5.74) is 1.85. The Morgan fingerprint density at radius 3 is 2.64 bits per heavy atom. The third-order valence-electron chi connectivity index (χ3n) is 4.47. The number of nitrogens with zero attached hydrogens (tertiary/aromatic N) is 1. The van der Waals surface area contributed by atoms with E-state index >= 15 is 0 Å². The number of benzene rings is 2. The van der Waals surface area contributed by atoms with Crippen LogP contribution in [0.15, 0.2) is 59.1 Å². The molecule has 3 rings (SSSR count). The first-order chi connectivity index (χ1) is 13.6. The Hall–Kier alpha value is -3.28. The molecule has 0 spiro atoms. The van der Waals surface area contributed by atoms with Crippen LogP contribution < -0.4 is 14.8 Å². The van der Waals surface area contributed by atoms with Crippen molar-refractivity contribution in [3.05, 3.63) is 66.2 Å². The van der Waals surface area contributed by atoms with Gasteiger partial charge >= 0.3 is 0 Å². The zero-order chi connectivity index (χ0) is 19.9. The van der Waals surface area contributed by atoms with Crippen LogP contribution in [0.1, 0.15) is 30.8 Å². The molecule has 1 amide bonds. The molecule has 0 aliphatic rings. The highest BCUT2D eigenvalue weighted by atomic mass is 16.5. The van der Waals surface area contributed by atoms with Gasteiger partial charge in [-0.25, -0.2) is 4.98 Å². The summed E-state index contributed by atoms with van der Waals surface area (Å²) in [5.74, 6) is 2.39. The highest BCUT2D eigenvalue weighted by molar-refractivity contribution is 5.76. The largest absolute Gasteiger partial charge is 0.497 e. The fourth-order valence-electron chi connectivity index (χ4n) is 2.91. The molecule has 0 saturated heterocycles. The monoisotopic (exact) mass is 380 g/mol. The molecule has 0 bridgehead atoms. The molecule has 146 valence electrons. The maximum Gasteiger partial charge on any atom is 0.220 e. The van der Waals surface area contributed by atoms with Gasteiger partial charge in [-0.1, -0.05) is 30.3 Å². The summed E-state index contributed by atoms with van der Waals surface area (Å²) in [5, 5.41) is 2.99. The van der Waals surface area contributed by atoms with Crippen LogP contribution in [0.3, 0.4) is 0 Å². The number of carbonyl (C=O) groups excluding carboxylic acids is 1. The zero-order valence-corrected chi connectivity index (χ0v) is 16.3. The van der Waals surface area contributed by atoms with Crippen LogP contribution in [0.2, 0.25) is 0 Å². The van der Waals surface area contributed by atoms with E-state index < -0.39 is 0 Å². The minimum Gasteiger partial charge on any atom is -0.497 e. The Morgan fingerprint density at radius 1 is 1.14 bits per heavy atom. The summed E-state index contributed by atoms with van der Waals surface area (Å²) in [6.07, 6.45) is 2.37. The van der Waals surface area contributed by atoms with Gasteiger partial charge in [-0.2, -0.15) is 0 Å². The predicted octanol–water partition coefficient (Wildman–Crippen LogP) is 4.17. The molecular formula is C22H24N2O4. The number of aromatic nitrogens is 1. The van der Waals surface area contributed by atoms with E-state index in [1.807, 2.05) is 49.4 Å². The van der Waals surface area contributed by atoms with Crippen molar-refractivity contribution in [1.29, 1.82) is 0 Å². The lowest BCUT2D eigenvalue weighted by molar-refractivity contribution is -0.121. The molecule has 1 aromatic heterocycles. The smallest absolute Gasteiger partial charge is 0.220 e. The number of ether oxygens (including phenoxy) is 2. The number of methoxy groups -OCH3 is 2. The second kappa shape index (κ2) is 9.08. The standard InChI is InChI=1S/C22H24N2O4/c1-15(16-7-5-4-6-8-16)24-21(25)11-12-22-23-14-20(28-22)18-10-9-17(26-2)13-19(18)27-3/h4-10,13-15H,11-12H2,1-3H3,(H,24,25). The highest BCUT2D eigenvalue weighted by Gasteiger charge is 2.14. The third kappa shape index (κ3) is 4.71. The normalized spacial score (nSPS) is 11.7. The Kier molecular flexibility index (Phi) is 6.32. The summed E-state index contributed by atoms with van der Waals surface area (Å²) >= 11 is 0. The van der Waals surface area contributed by atoms with Crippen LogP contribution in [0.4, 0.5) is 0 Å². The molecule has 1 unspecified atom stereocenters. The van der Waals surface area contributed by atoms with Crippen molar-refractivity contribution < 1.29 is 18.7 Å². The van der Waals surface area contributed by atoms with Gasteiger partial charge in [0.25, 0.3) is 0 Å². The van der Waals surface area contributed by atoms with E-state index in [-0.39, 0.29) is 11.9 Å². The third-order valence-corrected chi connectivity index (χ3v) is 4.47. The van der Waals surface area contributed by atoms with Gasteiger partial charge in [0.1, 0.15) is 11.5 Å². The SMILES string of the molecule is COc1ccc(-c2cnc(CCC(=O)NC(C)c3ccccc3)o2)c(OC)c1. The Bertz CT molecular complexity index is 921. The number of carbonyl (C=O) groups is 1. The average molecular weight is 380 g/mol. The van der Waals surface area contributed by atoms with Crippen LogP contribution in [0.25, 0.3) is 11.3 Å². The maximum absolute atomic E-state index is 12.2. The summed E-state index contributed by atoms with van der Waals surface area (Å²) in [4.78, 5) is 16.5. The first kappa shape index (κ1) is 19.5. The van der Waals surface area contributed by atoms with Crippen LogP contribution >= 0.6 is 0 Å². The van der Waals surface area contributed by atoms with E-state index in [1.165, 1.54) is 0 Å². The molecule has 1 N–H and O–H groups in total. The van der Waals surface area contributed by atoms with Crippen molar-refractivity contribution in [3.63, 3.8) is 0 Å². The van der Waals surface area contributed by atoms with Crippen molar-refractivity contribution in [2.45, 2.75) is 25.8 Å². The fraction of sp³-hybridized carbons (Fsp3) is 0.273. The predicted molar refractivity (Wildman–Crippen MR) is 106 cm³/mol. The van der Waals surface area contributed by atoms with Crippen LogP contribution in [-0.2, 0) is 11.2 Å². The Morgan fingerprint density at radius 2 is 1.93 bits per heavy atom. The number of oxazole rings is 1. The molecule has 1 heterocycles. The van der Waals surface area contributed by atoms with Gasteiger partial charge in [-0.05, 0) is 24.6 Å². The van der Waals surface area contributed by atoms with Crippen molar-refractivity contribution in [1.82, 2.24) is 10.3 Å². The maximum atomic E-state index is 12.2. The lowest BCUT2D eigenvalue weighted by atomic mass is 10.1. The number of hydrogen-bond donors (Lipinski definition) is 1. The van der Waals surface area contributed by atoms with Gasteiger partial charge in [-0.3, -0.25) is 4.79 Å². The van der Waals surface area contributed by atoms with Gasteiger partial charge in [0.15, 0.2) is 11.7 Å².